The van der Waals surface area contributed by atoms with Crippen molar-refractivity contribution in [3.63, 3.8) is 0 Å². The number of carbonyl (C=O) groups excluding carboxylic acids is 1. The molecule has 0 saturated heterocycles. The highest BCUT2D eigenvalue weighted by atomic mass is 32.3. The minimum absolute atomic E-state index is 0.405. The summed E-state index contributed by atoms with van der Waals surface area (Å²) in [6, 6.07) is 0. The van der Waals surface area contributed by atoms with Crippen molar-refractivity contribution < 1.29 is 26.7 Å². The third-order valence-corrected chi connectivity index (χ3v) is 2.71. The van der Waals surface area contributed by atoms with Gasteiger partial charge in [0.2, 0.25) is 0 Å². The Hall–Kier alpha value is -0.920. The van der Waals surface area contributed by atoms with Gasteiger partial charge in [0.1, 0.15) is 11.7 Å². The van der Waals surface area contributed by atoms with Gasteiger partial charge < -0.3 is 4.74 Å². The summed E-state index contributed by atoms with van der Waals surface area (Å²) in [5.74, 6) is -0.671. The van der Waals surface area contributed by atoms with Gasteiger partial charge in [-0.15, -0.1) is 0 Å². The SMILES string of the molecule is C=CC(=O)OC(CCC)C(C)(C)OS(=O)(=O)O. The third-order valence-electron chi connectivity index (χ3n) is 2.07. The van der Waals surface area contributed by atoms with Crippen LogP contribution in [-0.2, 0) is 24.1 Å². The maximum absolute atomic E-state index is 11.1. The number of hydrogen-bond donors (Lipinski definition) is 1. The minimum Gasteiger partial charge on any atom is -0.456 e. The van der Waals surface area contributed by atoms with Gasteiger partial charge in [0, 0.05) is 6.08 Å². The Labute approximate surface area is 102 Å². The first-order valence-electron chi connectivity index (χ1n) is 5.13. The maximum Gasteiger partial charge on any atom is 0.398 e. The second-order valence-electron chi connectivity index (χ2n) is 4.03. The van der Waals surface area contributed by atoms with Gasteiger partial charge in [-0.2, -0.15) is 8.42 Å². The monoisotopic (exact) mass is 266 g/mol. The Morgan fingerprint density at radius 1 is 1.53 bits per heavy atom. The average Bonchev–Trinajstić information content (AvgIpc) is 2.13. The summed E-state index contributed by atoms with van der Waals surface area (Å²) in [5, 5.41) is 0. The van der Waals surface area contributed by atoms with Crippen LogP contribution in [0.15, 0.2) is 12.7 Å². The Kier molecular flexibility index (Phi) is 5.80. The highest BCUT2D eigenvalue weighted by molar-refractivity contribution is 7.80. The standard InChI is InChI=1S/C10H18O6S/c1-5-7-8(15-9(11)6-2)10(3,4)16-17(12,13)14/h6,8H,2,5,7H2,1,3-4H3,(H,12,13,14). The largest absolute Gasteiger partial charge is 0.456 e. The highest BCUT2D eigenvalue weighted by Crippen LogP contribution is 2.24. The van der Waals surface area contributed by atoms with Gasteiger partial charge in [-0.05, 0) is 20.3 Å². The van der Waals surface area contributed by atoms with Gasteiger partial charge in [0.15, 0.2) is 0 Å². The zero-order valence-corrected chi connectivity index (χ0v) is 11.0. The lowest BCUT2D eigenvalue weighted by Gasteiger charge is -2.31. The second kappa shape index (κ2) is 6.13. The minimum atomic E-state index is -4.60. The molecule has 0 radical (unpaired) electrons. The molecule has 0 aromatic heterocycles. The van der Waals surface area contributed by atoms with Crippen LogP contribution in [0.3, 0.4) is 0 Å². The fourth-order valence-electron chi connectivity index (χ4n) is 1.32. The molecule has 0 fully saturated rings. The van der Waals surface area contributed by atoms with E-state index < -0.39 is 28.1 Å². The van der Waals surface area contributed by atoms with E-state index in [9.17, 15) is 13.2 Å². The Morgan fingerprint density at radius 2 is 2.06 bits per heavy atom. The van der Waals surface area contributed by atoms with Gasteiger partial charge in [-0.25, -0.2) is 8.98 Å². The summed E-state index contributed by atoms with van der Waals surface area (Å²) in [7, 11) is -4.60. The van der Waals surface area contributed by atoms with Crippen LogP contribution in [-0.4, -0.2) is 30.6 Å². The van der Waals surface area contributed by atoms with Crippen LogP contribution >= 0.6 is 0 Å². The molecule has 6 nitrogen and oxygen atoms in total. The van der Waals surface area contributed by atoms with Gasteiger partial charge in [0.05, 0.1) is 0 Å². The van der Waals surface area contributed by atoms with E-state index in [0.717, 1.165) is 6.08 Å². The van der Waals surface area contributed by atoms with E-state index in [1.54, 1.807) is 0 Å². The molecule has 1 unspecified atom stereocenters. The van der Waals surface area contributed by atoms with Gasteiger partial charge in [-0.3, -0.25) is 4.55 Å². The van der Waals surface area contributed by atoms with E-state index in [0.29, 0.717) is 12.8 Å². The molecule has 0 aliphatic heterocycles. The first kappa shape index (κ1) is 16.1. The topological polar surface area (TPSA) is 89.9 Å². The molecule has 1 N–H and O–H groups in total. The Bertz CT molecular complexity index is 370. The molecular weight excluding hydrogens is 248 g/mol. The molecule has 1 atom stereocenters. The second-order valence-corrected chi connectivity index (χ2v) is 5.05. The number of carbonyl (C=O) groups is 1. The fourth-order valence-corrected chi connectivity index (χ4v) is 1.97. The number of esters is 1. The summed E-state index contributed by atoms with van der Waals surface area (Å²) < 4.78 is 39.5. The first-order chi connectivity index (χ1) is 7.62. The summed E-state index contributed by atoms with van der Waals surface area (Å²) in [4.78, 5) is 11.1. The highest BCUT2D eigenvalue weighted by Gasteiger charge is 2.36. The van der Waals surface area contributed by atoms with Gasteiger partial charge in [0.25, 0.3) is 0 Å². The van der Waals surface area contributed by atoms with E-state index in [-0.39, 0.29) is 0 Å². The zero-order chi connectivity index (χ0) is 13.7. The maximum atomic E-state index is 11.1. The summed E-state index contributed by atoms with van der Waals surface area (Å²) in [6.07, 6.45) is 1.25. The van der Waals surface area contributed by atoms with Crippen LogP contribution in [0, 0.1) is 0 Å². The third kappa shape index (κ3) is 6.40. The molecule has 100 valence electrons. The van der Waals surface area contributed by atoms with Crippen molar-refractivity contribution in [3.8, 4) is 0 Å². The van der Waals surface area contributed by atoms with Crippen molar-refractivity contribution in [2.45, 2.75) is 45.3 Å². The molecule has 7 heteroatoms. The van der Waals surface area contributed by atoms with E-state index in [1.165, 1.54) is 13.8 Å². The molecule has 0 aromatic carbocycles. The molecule has 0 rings (SSSR count). The van der Waals surface area contributed by atoms with Gasteiger partial charge in [-0.1, -0.05) is 19.9 Å². The van der Waals surface area contributed by atoms with Crippen molar-refractivity contribution >= 4 is 16.4 Å². The predicted molar refractivity (Wildman–Crippen MR) is 61.7 cm³/mol. The van der Waals surface area contributed by atoms with E-state index >= 15 is 0 Å². The fraction of sp³-hybridized carbons (Fsp3) is 0.700. The molecule has 17 heavy (non-hydrogen) atoms. The summed E-state index contributed by atoms with van der Waals surface area (Å²) >= 11 is 0. The van der Waals surface area contributed by atoms with Crippen molar-refractivity contribution in [3.05, 3.63) is 12.7 Å². The lowest BCUT2D eigenvalue weighted by Crippen LogP contribution is -2.43. The lowest BCUT2D eigenvalue weighted by atomic mass is 9.98. The van der Waals surface area contributed by atoms with Crippen molar-refractivity contribution in [1.82, 2.24) is 0 Å². The normalized spacial score (nSPS) is 14.1. The van der Waals surface area contributed by atoms with Crippen LogP contribution < -0.4 is 0 Å². The first-order valence-corrected chi connectivity index (χ1v) is 6.50. The molecule has 0 bridgehead atoms. The van der Waals surface area contributed by atoms with Crippen LogP contribution in [0.1, 0.15) is 33.6 Å². The summed E-state index contributed by atoms with van der Waals surface area (Å²) in [5.41, 5.74) is -1.34. The molecule has 0 aliphatic rings. The molecular formula is C10H18O6S. The number of hydrogen-bond acceptors (Lipinski definition) is 5. The van der Waals surface area contributed by atoms with E-state index in [4.69, 9.17) is 9.29 Å². The van der Waals surface area contributed by atoms with Crippen molar-refractivity contribution in [2.24, 2.45) is 0 Å². The average molecular weight is 266 g/mol. The van der Waals surface area contributed by atoms with Crippen molar-refractivity contribution in [1.29, 1.82) is 0 Å². The van der Waals surface area contributed by atoms with Crippen LogP contribution in [0.4, 0.5) is 0 Å². The smallest absolute Gasteiger partial charge is 0.398 e. The molecule has 0 heterocycles. The van der Waals surface area contributed by atoms with E-state index in [2.05, 4.69) is 10.8 Å². The Morgan fingerprint density at radius 3 is 2.41 bits per heavy atom. The molecule has 0 spiro atoms. The van der Waals surface area contributed by atoms with Crippen LogP contribution in [0.5, 0.6) is 0 Å². The molecule has 0 aromatic rings. The molecule has 0 aliphatic carbocycles. The Balaban J connectivity index is 4.89. The summed E-state index contributed by atoms with van der Waals surface area (Å²) in [6.45, 7) is 7.92. The quantitative estimate of drug-likeness (QED) is 0.426. The lowest BCUT2D eigenvalue weighted by molar-refractivity contribution is -0.154. The number of ether oxygens (including phenoxy) is 1. The van der Waals surface area contributed by atoms with E-state index in [1.807, 2.05) is 6.92 Å². The van der Waals surface area contributed by atoms with Crippen LogP contribution in [0.25, 0.3) is 0 Å². The van der Waals surface area contributed by atoms with Crippen molar-refractivity contribution in [2.75, 3.05) is 0 Å². The molecule has 0 saturated carbocycles. The zero-order valence-electron chi connectivity index (χ0n) is 10.2. The molecule has 0 amide bonds. The van der Waals surface area contributed by atoms with Crippen LogP contribution in [0.2, 0.25) is 0 Å². The van der Waals surface area contributed by atoms with Gasteiger partial charge >= 0.3 is 16.4 Å². The number of rotatable bonds is 7. The predicted octanol–water partition coefficient (Wildman–Crippen LogP) is 1.48.